The molecule has 0 bridgehead atoms. The van der Waals surface area contributed by atoms with Crippen LogP contribution in [0.4, 0.5) is 9.18 Å². The van der Waals surface area contributed by atoms with E-state index >= 15 is 0 Å². The lowest BCUT2D eigenvalue weighted by Crippen LogP contribution is -2.31. The minimum Gasteiger partial charge on any atom is -0.447 e. The zero-order valence-electron chi connectivity index (χ0n) is 10.3. The van der Waals surface area contributed by atoms with E-state index in [-0.39, 0.29) is 18.7 Å². The number of amides is 3. The first kappa shape index (κ1) is 13.7. The maximum Gasteiger partial charge on any atom is 0.414 e. The molecule has 6 nitrogen and oxygen atoms in total. The van der Waals surface area contributed by atoms with Crippen LogP contribution in [0.3, 0.4) is 0 Å². The fourth-order valence-electron chi connectivity index (χ4n) is 1.54. The van der Waals surface area contributed by atoms with Crippen LogP contribution in [0.2, 0.25) is 0 Å². The third-order valence-electron chi connectivity index (χ3n) is 2.54. The van der Waals surface area contributed by atoms with Gasteiger partial charge >= 0.3 is 6.09 Å². The third-order valence-corrected chi connectivity index (χ3v) is 2.54. The van der Waals surface area contributed by atoms with Crippen molar-refractivity contribution in [2.45, 2.75) is 0 Å². The minimum absolute atomic E-state index is 0.132. The zero-order chi connectivity index (χ0) is 14.5. The Morgan fingerprint density at radius 2 is 2.00 bits per heavy atom. The molecule has 0 saturated carbocycles. The van der Waals surface area contributed by atoms with Crippen molar-refractivity contribution in [3.05, 3.63) is 47.9 Å². The van der Waals surface area contributed by atoms with Crippen LogP contribution in [0.15, 0.2) is 42.4 Å². The Morgan fingerprint density at radius 3 is 2.60 bits per heavy atom. The van der Waals surface area contributed by atoms with Crippen LogP contribution in [-0.2, 0) is 9.53 Å². The lowest BCUT2D eigenvalue weighted by atomic mass is 10.2. The molecule has 1 aliphatic rings. The highest BCUT2D eigenvalue weighted by atomic mass is 19.1. The molecule has 7 heteroatoms. The maximum atomic E-state index is 13.5. The van der Waals surface area contributed by atoms with Gasteiger partial charge in [-0.2, -0.15) is 4.39 Å². The van der Waals surface area contributed by atoms with Gasteiger partial charge in [0, 0.05) is 5.56 Å². The summed E-state index contributed by atoms with van der Waals surface area (Å²) in [5.41, 5.74) is 0.231. The maximum absolute atomic E-state index is 13.5. The van der Waals surface area contributed by atoms with Gasteiger partial charge in [0.05, 0.1) is 12.7 Å². The topological polar surface area (TPSA) is 75.7 Å². The summed E-state index contributed by atoms with van der Waals surface area (Å²) < 4.78 is 18.1. The van der Waals surface area contributed by atoms with Crippen LogP contribution in [0.25, 0.3) is 0 Å². The number of carbonyl (C=O) groups is 3. The van der Waals surface area contributed by atoms with Crippen molar-refractivity contribution >= 4 is 17.9 Å². The Kier molecular flexibility index (Phi) is 4.09. The molecule has 0 spiro atoms. The van der Waals surface area contributed by atoms with E-state index in [1.807, 2.05) is 5.32 Å². The van der Waals surface area contributed by atoms with Crippen molar-refractivity contribution < 1.29 is 23.5 Å². The monoisotopic (exact) mass is 278 g/mol. The number of ether oxygens (including phenoxy) is 1. The molecule has 1 N–H and O–H groups in total. The molecule has 0 aliphatic carbocycles. The number of benzene rings is 1. The summed E-state index contributed by atoms with van der Waals surface area (Å²) in [6.07, 6.45) is -0.0227. The second kappa shape index (κ2) is 5.96. The summed E-state index contributed by atoms with van der Waals surface area (Å²) >= 11 is 0. The van der Waals surface area contributed by atoms with E-state index in [1.54, 1.807) is 18.2 Å². The molecule has 0 radical (unpaired) electrons. The van der Waals surface area contributed by atoms with Gasteiger partial charge in [0.2, 0.25) is 5.83 Å². The van der Waals surface area contributed by atoms with Crippen LogP contribution in [0.5, 0.6) is 0 Å². The lowest BCUT2D eigenvalue weighted by Gasteiger charge is -2.06. The summed E-state index contributed by atoms with van der Waals surface area (Å²) in [6.45, 7) is 0.291. The number of cyclic esters (lactones) is 1. The van der Waals surface area contributed by atoms with Crippen LogP contribution in [0, 0.1) is 0 Å². The van der Waals surface area contributed by atoms with Gasteiger partial charge in [-0.1, -0.05) is 18.2 Å². The van der Waals surface area contributed by atoms with Crippen molar-refractivity contribution in [3.8, 4) is 0 Å². The molecule has 1 aromatic carbocycles. The number of rotatable bonds is 3. The molecular weight excluding hydrogens is 267 g/mol. The zero-order valence-corrected chi connectivity index (χ0v) is 10.3. The number of halogens is 1. The number of nitrogens with zero attached hydrogens (tertiary/aromatic N) is 1. The number of nitrogens with one attached hydrogen (secondary N) is 1. The second-order valence-corrected chi connectivity index (χ2v) is 3.93. The van der Waals surface area contributed by atoms with Crippen molar-refractivity contribution in [2.24, 2.45) is 0 Å². The number of hydrogen-bond acceptors (Lipinski definition) is 4. The number of hydrogen-bond donors (Lipinski definition) is 1. The van der Waals surface area contributed by atoms with E-state index in [9.17, 15) is 18.8 Å². The molecule has 104 valence electrons. The second-order valence-electron chi connectivity index (χ2n) is 3.93. The van der Waals surface area contributed by atoms with E-state index in [1.165, 1.54) is 12.1 Å². The van der Waals surface area contributed by atoms with Gasteiger partial charge in [-0.3, -0.25) is 19.8 Å². The van der Waals surface area contributed by atoms with Gasteiger partial charge in [-0.15, -0.1) is 0 Å². The molecule has 1 aromatic rings. The fraction of sp³-hybridized carbons (Fsp3) is 0.154. The first-order valence-corrected chi connectivity index (χ1v) is 5.79. The number of carbonyl (C=O) groups excluding carboxylic acids is 3. The average Bonchev–Trinajstić information content (AvgIpc) is 2.85. The molecule has 0 unspecified atom stereocenters. The van der Waals surface area contributed by atoms with Crippen molar-refractivity contribution in [3.63, 3.8) is 0 Å². The average molecular weight is 278 g/mol. The van der Waals surface area contributed by atoms with Crippen LogP contribution in [0.1, 0.15) is 10.4 Å². The summed E-state index contributed by atoms with van der Waals surface area (Å²) in [6, 6.07) is 7.92. The quantitative estimate of drug-likeness (QED) is 0.843. The van der Waals surface area contributed by atoms with Crippen molar-refractivity contribution in [2.75, 3.05) is 13.2 Å². The standard InChI is InChI=1S/C13H11FN2O4/c14-10(8-16-6-7-20-13(16)19)12(18)15-11(17)9-4-2-1-3-5-9/h1-5,8H,6-7H2,(H,15,17,18)/b10-8+. The minimum atomic E-state index is -1.24. The van der Waals surface area contributed by atoms with Gasteiger partial charge in [-0.05, 0) is 12.1 Å². The molecule has 0 aromatic heterocycles. The molecule has 1 fully saturated rings. The summed E-state index contributed by atoms with van der Waals surface area (Å²) in [4.78, 5) is 35.1. The molecule has 1 saturated heterocycles. The summed E-state index contributed by atoms with van der Waals surface area (Å²) in [5, 5.41) is 1.88. The molecule has 1 aliphatic heterocycles. The molecule has 3 amide bonds. The van der Waals surface area contributed by atoms with Gasteiger partial charge in [0.15, 0.2) is 0 Å². The van der Waals surface area contributed by atoms with Crippen LogP contribution in [-0.4, -0.2) is 36.0 Å². The summed E-state index contributed by atoms with van der Waals surface area (Å²) in [5.74, 6) is -3.17. The van der Waals surface area contributed by atoms with Crippen LogP contribution >= 0.6 is 0 Å². The Bertz CT molecular complexity index is 571. The van der Waals surface area contributed by atoms with E-state index in [0.29, 0.717) is 6.20 Å². The SMILES string of the molecule is O=C(NC(=O)c1ccccc1)/C(F)=C\N1CCOC1=O. The lowest BCUT2D eigenvalue weighted by molar-refractivity contribution is -0.118. The van der Waals surface area contributed by atoms with Gasteiger partial charge in [-0.25, -0.2) is 4.79 Å². The predicted molar refractivity (Wildman–Crippen MR) is 66.2 cm³/mol. The van der Waals surface area contributed by atoms with Crippen LogP contribution < -0.4 is 5.32 Å². The van der Waals surface area contributed by atoms with E-state index in [0.717, 1.165) is 4.90 Å². The smallest absolute Gasteiger partial charge is 0.414 e. The Labute approximate surface area is 113 Å². The normalized spacial score (nSPS) is 14.9. The van der Waals surface area contributed by atoms with Gasteiger partial charge in [0.1, 0.15) is 6.61 Å². The Morgan fingerprint density at radius 1 is 1.30 bits per heavy atom. The van der Waals surface area contributed by atoms with Gasteiger partial charge in [0.25, 0.3) is 11.8 Å². The highest BCUT2D eigenvalue weighted by Crippen LogP contribution is 2.08. The largest absolute Gasteiger partial charge is 0.447 e. The number of imide groups is 1. The highest BCUT2D eigenvalue weighted by molar-refractivity contribution is 6.09. The first-order chi connectivity index (χ1) is 9.58. The molecule has 1 heterocycles. The Hall–Kier alpha value is -2.70. The fourth-order valence-corrected chi connectivity index (χ4v) is 1.54. The van der Waals surface area contributed by atoms with E-state index < -0.39 is 23.7 Å². The highest BCUT2D eigenvalue weighted by Gasteiger charge is 2.23. The molecule has 2 rings (SSSR count). The van der Waals surface area contributed by atoms with E-state index in [4.69, 9.17) is 0 Å². The molecular formula is C13H11FN2O4. The first-order valence-electron chi connectivity index (χ1n) is 5.79. The Balaban J connectivity index is 1.99. The molecule has 20 heavy (non-hydrogen) atoms. The molecule has 0 atom stereocenters. The van der Waals surface area contributed by atoms with Crippen molar-refractivity contribution in [1.82, 2.24) is 10.2 Å². The summed E-state index contributed by atoms with van der Waals surface area (Å²) in [7, 11) is 0. The van der Waals surface area contributed by atoms with Crippen molar-refractivity contribution in [1.29, 1.82) is 0 Å². The van der Waals surface area contributed by atoms with E-state index in [2.05, 4.69) is 4.74 Å². The van der Waals surface area contributed by atoms with Gasteiger partial charge < -0.3 is 4.74 Å². The predicted octanol–water partition coefficient (Wildman–Crippen LogP) is 1.21. The third kappa shape index (κ3) is 3.19.